The number of alkyl halides is 3. The van der Waals surface area contributed by atoms with Crippen LogP contribution in [0.3, 0.4) is 0 Å². The maximum absolute atomic E-state index is 12.7. The third-order valence-electron chi connectivity index (χ3n) is 6.06. The van der Waals surface area contributed by atoms with Crippen LogP contribution in [-0.2, 0) is 36.9 Å². The van der Waals surface area contributed by atoms with Crippen molar-refractivity contribution in [3.63, 3.8) is 0 Å². The summed E-state index contributed by atoms with van der Waals surface area (Å²) in [6.07, 6.45) is 2.86. The molecule has 5 rings (SSSR count). The first-order valence-corrected chi connectivity index (χ1v) is 9.79. The second-order valence-corrected chi connectivity index (χ2v) is 8.04. The van der Waals surface area contributed by atoms with E-state index in [9.17, 15) is 18.0 Å². The van der Waals surface area contributed by atoms with Crippen LogP contribution in [0.4, 0.5) is 19.1 Å². The highest BCUT2D eigenvalue weighted by atomic mass is 19.4. The fraction of sp³-hybridized carbons (Fsp3) is 0.500. The maximum Gasteiger partial charge on any atom is 0.419 e. The molecule has 0 spiro atoms. The topological polar surface area (TPSA) is 62.2 Å². The van der Waals surface area contributed by atoms with E-state index in [1.165, 1.54) is 16.7 Å². The second kappa shape index (κ2) is 6.67. The Morgan fingerprint density at radius 1 is 1.03 bits per heavy atom. The zero-order valence-corrected chi connectivity index (χ0v) is 15.7. The molecule has 2 aromatic heterocycles. The quantitative estimate of drug-likeness (QED) is 0.789. The number of hydrogen-bond donors (Lipinski definition) is 0. The van der Waals surface area contributed by atoms with Gasteiger partial charge in [-0.15, -0.1) is 0 Å². The predicted molar refractivity (Wildman–Crippen MR) is 97.9 cm³/mol. The van der Waals surface area contributed by atoms with Gasteiger partial charge in [0.1, 0.15) is 0 Å². The van der Waals surface area contributed by atoms with Crippen molar-refractivity contribution in [2.75, 3.05) is 18.0 Å². The van der Waals surface area contributed by atoms with Crippen LogP contribution in [0.25, 0.3) is 0 Å². The summed E-state index contributed by atoms with van der Waals surface area (Å²) in [5.74, 6) is 0.540. The first-order chi connectivity index (χ1) is 13.9. The molecule has 1 amide bonds. The van der Waals surface area contributed by atoms with E-state index in [4.69, 9.17) is 0 Å². The summed E-state index contributed by atoms with van der Waals surface area (Å²) in [5, 5.41) is 0. The van der Waals surface area contributed by atoms with Crippen molar-refractivity contribution in [1.29, 1.82) is 0 Å². The van der Waals surface area contributed by atoms with Gasteiger partial charge >= 0.3 is 6.18 Å². The Labute approximate surface area is 165 Å². The first-order valence-electron chi connectivity index (χ1n) is 9.79. The number of aryl methyl sites for hydroxylation is 1. The molecule has 1 aliphatic carbocycles. The van der Waals surface area contributed by atoms with Crippen LogP contribution < -0.4 is 4.90 Å². The average Bonchev–Trinajstić information content (AvgIpc) is 3.29. The number of pyridine rings is 1. The van der Waals surface area contributed by atoms with Gasteiger partial charge < -0.3 is 9.80 Å². The molecule has 29 heavy (non-hydrogen) atoms. The van der Waals surface area contributed by atoms with E-state index in [1.807, 2.05) is 11.1 Å². The second-order valence-electron chi connectivity index (χ2n) is 8.04. The molecular weight excluding hydrogens is 383 g/mol. The summed E-state index contributed by atoms with van der Waals surface area (Å²) in [6, 6.07) is 0. The van der Waals surface area contributed by atoms with Crippen LogP contribution in [0, 0.1) is 5.92 Å². The number of carbonyl (C=O) groups is 1. The SMILES string of the molecule is O=C(CC1CN(c2ncc(C(F)(F)F)cn2)C1)N1Cc2ncc3c(c2C1)CCC3. The lowest BCUT2D eigenvalue weighted by molar-refractivity contribution is -0.138. The number of carbonyl (C=O) groups excluding carboxylic acids is 1. The van der Waals surface area contributed by atoms with Crippen molar-refractivity contribution in [1.82, 2.24) is 19.9 Å². The lowest BCUT2D eigenvalue weighted by Gasteiger charge is -2.39. The van der Waals surface area contributed by atoms with Gasteiger partial charge in [-0.1, -0.05) is 0 Å². The van der Waals surface area contributed by atoms with Crippen LogP contribution in [0.2, 0.25) is 0 Å². The fourth-order valence-corrected chi connectivity index (χ4v) is 4.46. The van der Waals surface area contributed by atoms with E-state index in [2.05, 4.69) is 15.0 Å². The van der Waals surface area contributed by atoms with Crippen molar-refractivity contribution in [2.45, 2.75) is 44.9 Å². The largest absolute Gasteiger partial charge is 0.419 e. The van der Waals surface area contributed by atoms with Crippen LogP contribution in [0.15, 0.2) is 18.6 Å². The number of halogens is 3. The van der Waals surface area contributed by atoms with E-state index >= 15 is 0 Å². The molecular formula is C20H20F3N5O. The number of anilines is 1. The Balaban J connectivity index is 1.16. The molecule has 9 heteroatoms. The van der Waals surface area contributed by atoms with Crippen molar-refractivity contribution in [3.05, 3.63) is 46.5 Å². The molecule has 3 aliphatic rings. The van der Waals surface area contributed by atoms with Gasteiger partial charge in [-0.05, 0) is 36.0 Å². The number of hydrogen-bond acceptors (Lipinski definition) is 5. The number of nitrogens with zero attached hydrogens (tertiary/aromatic N) is 5. The normalized spacial score (nSPS) is 18.6. The first kappa shape index (κ1) is 18.3. The summed E-state index contributed by atoms with van der Waals surface area (Å²) in [4.78, 5) is 28.6. The maximum atomic E-state index is 12.7. The summed E-state index contributed by atoms with van der Waals surface area (Å²) in [7, 11) is 0. The van der Waals surface area contributed by atoms with Gasteiger partial charge in [0.2, 0.25) is 11.9 Å². The Bertz CT molecular complexity index is 954. The Morgan fingerprint density at radius 3 is 2.52 bits per heavy atom. The summed E-state index contributed by atoms with van der Waals surface area (Å²) in [6.45, 7) is 2.36. The summed E-state index contributed by atoms with van der Waals surface area (Å²) >= 11 is 0. The van der Waals surface area contributed by atoms with Crippen LogP contribution >= 0.6 is 0 Å². The van der Waals surface area contributed by atoms with Gasteiger partial charge in [0.05, 0.1) is 17.8 Å². The van der Waals surface area contributed by atoms with E-state index in [0.29, 0.717) is 32.6 Å². The monoisotopic (exact) mass is 403 g/mol. The molecule has 0 N–H and O–H groups in total. The molecule has 1 fully saturated rings. The molecule has 0 unspecified atom stereocenters. The van der Waals surface area contributed by atoms with Gasteiger partial charge in [0, 0.05) is 50.6 Å². The summed E-state index contributed by atoms with van der Waals surface area (Å²) < 4.78 is 37.8. The fourth-order valence-electron chi connectivity index (χ4n) is 4.46. The van der Waals surface area contributed by atoms with Crippen molar-refractivity contribution in [2.24, 2.45) is 5.92 Å². The van der Waals surface area contributed by atoms with Gasteiger partial charge in [0.15, 0.2) is 0 Å². The molecule has 2 aliphatic heterocycles. The predicted octanol–water partition coefficient (Wildman–Crippen LogP) is 2.75. The number of amides is 1. The van der Waals surface area contributed by atoms with Gasteiger partial charge in [-0.2, -0.15) is 13.2 Å². The lowest BCUT2D eigenvalue weighted by Crippen LogP contribution is -2.49. The third-order valence-corrected chi connectivity index (χ3v) is 6.06. The standard InChI is InChI=1S/C20H20F3N5O/c21-20(22,23)14-6-25-19(26-7-14)28-8-12(9-28)4-18(29)27-10-16-15-3-1-2-13(15)5-24-17(16)11-27/h5-7,12H,1-4,8-11H2. The van der Waals surface area contributed by atoms with Crippen LogP contribution in [0.1, 0.15) is 40.8 Å². The zero-order chi connectivity index (χ0) is 20.2. The minimum atomic E-state index is -4.44. The molecule has 0 aromatic carbocycles. The van der Waals surface area contributed by atoms with Crippen molar-refractivity contribution in [3.8, 4) is 0 Å². The van der Waals surface area contributed by atoms with E-state index in [1.54, 1.807) is 4.90 Å². The molecule has 4 heterocycles. The van der Waals surface area contributed by atoms with Gasteiger partial charge in [0.25, 0.3) is 0 Å². The summed E-state index contributed by atoms with van der Waals surface area (Å²) in [5.41, 5.74) is 4.11. The lowest BCUT2D eigenvalue weighted by atomic mass is 9.96. The van der Waals surface area contributed by atoms with Gasteiger partial charge in [-0.3, -0.25) is 9.78 Å². The number of fused-ring (bicyclic) bond motifs is 3. The van der Waals surface area contributed by atoms with Crippen LogP contribution in [-0.4, -0.2) is 38.8 Å². The van der Waals surface area contributed by atoms with E-state index < -0.39 is 11.7 Å². The minimum Gasteiger partial charge on any atom is -0.340 e. The highest BCUT2D eigenvalue weighted by Gasteiger charge is 2.36. The van der Waals surface area contributed by atoms with Crippen molar-refractivity contribution >= 4 is 11.9 Å². The van der Waals surface area contributed by atoms with Gasteiger partial charge in [-0.25, -0.2) is 9.97 Å². The Kier molecular flexibility index (Phi) is 4.22. The van der Waals surface area contributed by atoms with E-state index in [0.717, 1.165) is 37.4 Å². The van der Waals surface area contributed by atoms with E-state index in [-0.39, 0.29) is 17.8 Å². The Hall–Kier alpha value is -2.71. The smallest absolute Gasteiger partial charge is 0.340 e. The number of rotatable bonds is 3. The minimum absolute atomic E-state index is 0.104. The molecule has 0 atom stereocenters. The third kappa shape index (κ3) is 3.32. The highest BCUT2D eigenvalue weighted by molar-refractivity contribution is 5.77. The molecule has 0 bridgehead atoms. The Morgan fingerprint density at radius 2 is 1.79 bits per heavy atom. The van der Waals surface area contributed by atoms with Crippen LogP contribution in [0.5, 0.6) is 0 Å². The molecule has 152 valence electrons. The molecule has 0 radical (unpaired) electrons. The molecule has 1 saturated heterocycles. The van der Waals surface area contributed by atoms with Crippen molar-refractivity contribution < 1.29 is 18.0 Å². The average molecular weight is 403 g/mol. The zero-order valence-electron chi connectivity index (χ0n) is 15.7. The molecule has 0 saturated carbocycles. The number of aromatic nitrogens is 3. The molecule has 6 nitrogen and oxygen atoms in total. The molecule has 2 aromatic rings. The highest BCUT2D eigenvalue weighted by Crippen LogP contribution is 2.33.